The van der Waals surface area contributed by atoms with Gasteiger partial charge in [0.05, 0.1) is 17.5 Å². The van der Waals surface area contributed by atoms with Gasteiger partial charge in [-0.05, 0) is 56.7 Å². The minimum absolute atomic E-state index is 0.0325. The lowest BCUT2D eigenvalue weighted by atomic mass is 10.2. The van der Waals surface area contributed by atoms with Crippen LogP contribution >= 0.6 is 11.3 Å². The molecule has 0 unspecified atom stereocenters. The van der Waals surface area contributed by atoms with Crippen LogP contribution in [0.25, 0.3) is 10.7 Å². The molecule has 1 N–H and O–H groups in total. The number of aromatic nitrogens is 2. The Balaban J connectivity index is 1.50. The molecule has 2 aromatic heterocycles. The highest BCUT2D eigenvalue weighted by Crippen LogP contribution is 2.22. The van der Waals surface area contributed by atoms with Crippen molar-refractivity contribution in [3.63, 3.8) is 0 Å². The Morgan fingerprint density at radius 1 is 1.19 bits per heavy atom. The molecule has 0 spiro atoms. The molecule has 0 atom stereocenters. The minimum atomic E-state index is -0.0325. The Hall–Kier alpha value is -2.73. The van der Waals surface area contributed by atoms with Gasteiger partial charge in [0.2, 0.25) is 5.91 Å². The van der Waals surface area contributed by atoms with E-state index in [-0.39, 0.29) is 12.0 Å². The first kappa shape index (κ1) is 18.1. The van der Waals surface area contributed by atoms with Crippen molar-refractivity contribution in [3.05, 3.63) is 59.7 Å². The summed E-state index contributed by atoms with van der Waals surface area (Å²) in [6.45, 7) is 3.96. The van der Waals surface area contributed by atoms with E-state index in [4.69, 9.17) is 4.74 Å². The van der Waals surface area contributed by atoms with Crippen molar-refractivity contribution >= 4 is 22.9 Å². The average molecular weight is 367 g/mol. The van der Waals surface area contributed by atoms with Crippen molar-refractivity contribution in [2.75, 3.05) is 5.32 Å². The van der Waals surface area contributed by atoms with Crippen LogP contribution < -0.4 is 10.1 Å². The maximum atomic E-state index is 12.1. The van der Waals surface area contributed by atoms with Crippen molar-refractivity contribution in [1.82, 2.24) is 9.97 Å². The van der Waals surface area contributed by atoms with Crippen LogP contribution in [0.4, 0.5) is 5.69 Å². The Morgan fingerprint density at radius 3 is 2.69 bits per heavy atom. The molecule has 1 aromatic carbocycles. The van der Waals surface area contributed by atoms with Crippen LogP contribution in [0.1, 0.15) is 26.0 Å². The summed E-state index contributed by atoms with van der Waals surface area (Å²) in [7, 11) is 0. The van der Waals surface area contributed by atoms with E-state index in [2.05, 4.69) is 15.3 Å². The lowest BCUT2D eigenvalue weighted by molar-refractivity contribution is -0.116. The monoisotopic (exact) mass is 367 g/mol. The normalized spacial score (nSPS) is 10.7. The van der Waals surface area contributed by atoms with Crippen LogP contribution in [0.15, 0.2) is 54.0 Å². The summed E-state index contributed by atoms with van der Waals surface area (Å²) in [6.07, 6.45) is 2.87. The molecular formula is C20H21N3O2S. The first-order valence-corrected chi connectivity index (χ1v) is 9.40. The van der Waals surface area contributed by atoms with E-state index in [1.165, 1.54) is 0 Å². The smallest absolute Gasteiger partial charge is 0.224 e. The summed E-state index contributed by atoms with van der Waals surface area (Å²) in [5.74, 6) is 0.762. The van der Waals surface area contributed by atoms with Gasteiger partial charge in [-0.25, -0.2) is 4.98 Å². The van der Waals surface area contributed by atoms with Gasteiger partial charge >= 0.3 is 0 Å². The van der Waals surface area contributed by atoms with E-state index < -0.39 is 0 Å². The number of thiazole rings is 1. The second-order valence-electron chi connectivity index (χ2n) is 6.10. The van der Waals surface area contributed by atoms with E-state index in [0.717, 1.165) is 27.8 Å². The topological polar surface area (TPSA) is 64.1 Å². The van der Waals surface area contributed by atoms with Gasteiger partial charge in [-0.1, -0.05) is 6.07 Å². The first-order chi connectivity index (χ1) is 12.6. The highest BCUT2D eigenvalue weighted by molar-refractivity contribution is 7.13. The van der Waals surface area contributed by atoms with E-state index in [1.54, 1.807) is 17.5 Å². The zero-order chi connectivity index (χ0) is 18.4. The number of anilines is 1. The molecule has 1 amide bonds. The fourth-order valence-electron chi connectivity index (χ4n) is 2.38. The molecule has 0 bridgehead atoms. The van der Waals surface area contributed by atoms with Crippen LogP contribution in [0.2, 0.25) is 0 Å². The van der Waals surface area contributed by atoms with Crippen LogP contribution in [-0.2, 0) is 11.2 Å². The number of rotatable bonds is 7. The molecule has 0 aliphatic rings. The summed E-state index contributed by atoms with van der Waals surface area (Å²) < 4.78 is 5.59. The molecule has 2 heterocycles. The third-order valence-electron chi connectivity index (χ3n) is 3.55. The largest absolute Gasteiger partial charge is 0.491 e. The molecule has 0 aliphatic carbocycles. The van der Waals surface area contributed by atoms with Gasteiger partial charge in [-0.2, -0.15) is 0 Å². The molecule has 134 valence electrons. The van der Waals surface area contributed by atoms with Gasteiger partial charge < -0.3 is 10.1 Å². The lowest BCUT2D eigenvalue weighted by Gasteiger charge is -2.10. The molecule has 0 aliphatic heterocycles. The second-order valence-corrected chi connectivity index (χ2v) is 6.96. The molecule has 0 radical (unpaired) electrons. The van der Waals surface area contributed by atoms with Crippen molar-refractivity contribution < 1.29 is 9.53 Å². The Bertz CT molecular complexity index is 845. The van der Waals surface area contributed by atoms with Crippen molar-refractivity contribution in [2.45, 2.75) is 32.8 Å². The Kier molecular flexibility index (Phi) is 5.96. The summed E-state index contributed by atoms with van der Waals surface area (Å²) in [6, 6.07) is 13.2. The summed E-state index contributed by atoms with van der Waals surface area (Å²) in [5.41, 5.74) is 2.53. The average Bonchev–Trinajstić information content (AvgIpc) is 3.11. The van der Waals surface area contributed by atoms with Crippen molar-refractivity contribution in [1.29, 1.82) is 0 Å². The van der Waals surface area contributed by atoms with Gasteiger partial charge in [0.25, 0.3) is 0 Å². The van der Waals surface area contributed by atoms with Crippen LogP contribution in [0.5, 0.6) is 5.75 Å². The van der Waals surface area contributed by atoms with E-state index in [0.29, 0.717) is 12.8 Å². The fourth-order valence-corrected chi connectivity index (χ4v) is 3.21. The number of nitrogens with one attached hydrogen (secondary N) is 1. The minimum Gasteiger partial charge on any atom is -0.491 e. The zero-order valence-electron chi connectivity index (χ0n) is 14.8. The number of aryl methyl sites for hydroxylation is 1. The Morgan fingerprint density at radius 2 is 2.00 bits per heavy atom. The highest BCUT2D eigenvalue weighted by Gasteiger charge is 2.08. The third kappa shape index (κ3) is 5.13. The SMILES string of the molecule is CC(C)Oc1ccc(NC(=O)CCc2csc(-c3ccccn3)n2)cc1. The molecule has 3 aromatic rings. The number of nitrogens with zero attached hydrogens (tertiary/aromatic N) is 2. The molecule has 3 rings (SSSR count). The summed E-state index contributed by atoms with van der Waals surface area (Å²) >= 11 is 1.55. The zero-order valence-corrected chi connectivity index (χ0v) is 15.6. The van der Waals surface area contributed by atoms with Gasteiger partial charge in [0.15, 0.2) is 0 Å². The number of carbonyl (C=O) groups excluding carboxylic acids is 1. The van der Waals surface area contributed by atoms with Crippen molar-refractivity contribution in [3.8, 4) is 16.5 Å². The molecule has 6 heteroatoms. The number of hydrogen-bond donors (Lipinski definition) is 1. The maximum absolute atomic E-state index is 12.1. The van der Waals surface area contributed by atoms with E-state index >= 15 is 0 Å². The molecule has 26 heavy (non-hydrogen) atoms. The predicted octanol–water partition coefficient (Wildman–Crippen LogP) is 4.56. The predicted molar refractivity (Wildman–Crippen MR) is 105 cm³/mol. The number of hydrogen-bond acceptors (Lipinski definition) is 5. The van der Waals surface area contributed by atoms with Gasteiger partial charge in [-0.15, -0.1) is 11.3 Å². The standard InChI is InChI=1S/C20H21N3O2S/c1-14(2)25-17-9-6-15(7-10-17)22-19(24)11-8-16-13-26-20(23-16)18-5-3-4-12-21-18/h3-7,9-10,12-14H,8,11H2,1-2H3,(H,22,24). The molecule has 0 saturated heterocycles. The lowest BCUT2D eigenvalue weighted by Crippen LogP contribution is -2.12. The highest BCUT2D eigenvalue weighted by atomic mass is 32.1. The van der Waals surface area contributed by atoms with Crippen molar-refractivity contribution in [2.24, 2.45) is 0 Å². The van der Waals surface area contributed by atoms with Gasteiger partial charge in [0.1, 0.15) is 10.8 Å². The molecule has 0 fully saturated rings. The maximum Gasteiger partial charge on any atom is 0.224 e. The summed E-state index contributed by atoms with van der Waals surface area (Å²) in [5, 5.41) is 5.76. The molecule has 5 nitrogen and oxygen atoms in total. The molecule has 0 saturated carbocycles. The van der Waals surface area contributed by atoms with E-state index in [9.17, 15) is 4.79 Å². The van der Waals surface area contributed by atoms with Crippen LogP contribution in [0.3, 0.4) is 0 Å². The number of amides is 1. The molecular weight excluding hydrogens is 346 g/mol. The summed E-state index contributed by atoms with van der Waals surface area (Å²) in [4.78, 5) is 21.0. The second kappa shape index (κ2) is 8.58. The van der Waals surface area contributed by atoms with Gasteiger partial charge in [-0.3, -0.25) is 9.78 Å². The number of pyridine rings is 1. The quantitative estimate of drug-likeness (QED) is 0.665. The number of benzene rings is 1. The van der Waals surface area contributed by atoms with Crippen LogP contribution in [0, 0.1) is 0 Å². The first-order valence-electron chi connectivity index (χ1n) is 8.52. The number of ether oxygens (including phenoxy) is 1. The Labute approximate surface area is 157 Å². The third-order valence-corrected chi connectivity index (χ3v) is 4.47. The van der Waals surface area contributed by atoms with Gasteiger partial charge in [0, 0.05) is 23.7 Å². The van der Waals surface area contributed by atoms with Crippen LogP contribution in [-0.4, -0.2) is 22.0 Å². The fraction of sp³-hybridized carbons (Fsp3) is 0.250. The number of carbonyl (C=O) groups is 1. The van der Waals surface area contributed by atoms with E-state index in [1.807, 2.05) is 61.7 Å².